The van der Waals surface area contributed by atoms with Gasteiger partial charge in [-0.3, -0.25) is 9.59 Å². The zero-order chi connectivity index (χ0) is 29.2. The van der Waals surface area contributed by atoms with Crippen LogP contribution in [0, 0.1) is 0 Å². The second-order valence-corrected chi connectivity index (χ2v) is 12.1. The van der Waals surface area contributed by atoms with Crippen molar-refractivity contribution in [1.29, 1.82) is 0 Å². The van der Waals surface area contributed by atoms with E-state index in [1.807, 2.05) is 0 Å². The van der Waals surface area contributed by atoms with E-state index in [4.69, 9.17) is 9.47 Å². The molecule has 0 unspecified atom stereocenters. The molecule has 242 valence electrons. The van der Waals surface area contributed by atoms with Crippen LogP contribution in [0.3, 0.4) is 0 Å². The SMILES string of the molecule is CCCCCCCCCCCCCCCCOC(=O)CCC(=O)OCCCCCCCCCCCCCCCC.[H-].[H-].[K+].[K+]. The molecule has 0 amide bonds. The van der Waals surface area contributed by atoms with Crippen LogP contribution >= 0.6 is 0 Å². The second kappa shape index (κ2) is 43.2. The molecule has 4 nitrogen and oxygen atoms in total. The zero-order valence-corrected chi connectivity index (χ0v) is 35.5. The maximum absolute atomic E-state index is 11.9. The third kappa shape index (κ3) is 42.2. The topological polar surface area (TPSA) is 52.6 Å². The average molecular weight is 647 g/mol. The normalized spacial score (nSPS) is 10.6. The molecule has 0 rings (SSSR count). The van der Waals surface area contributed by atoms with E-state index in [9.17, 15) is 9.59 Å². The fourth-order valence-electron chi connectivity index (χ4n) is 5.31. The summed E-state index contributed by atoms with van der Waals surface area (Å²) in [5.41, 5.74) is 0. The van der Waals surface area contributed by atoms with Gasteiger partial charge in [0, 0.05) is 0 Å². The molecule has 0 atom stereocenters. The van der Waals surface area contributed by atoms with E-state index in [0.717, 1.165) is 25.7 Å². The third-order valence-corrected chi connectivity index (χ3v) is 8.06. The van der Waals surface area contributed by atoms with Crippen LogP contribution in [0.15, 0.2) is 0 Å². The van der Waals surface area contributed by atoms with Crippen LogP contribution in [-0.4, -0.2) is 25.2 Å². The Kier molecular flexibility index (Phi) is 50.0. The third-order valence-electron chi connectivity index (χ3n) is 8.06. The largest absolute Gasteiger partial charge is 1.00 e. The predicted molar refractivity (Wildman–Crippen MR) is 174 cm³/mol. The molecular formula is C36H72K2O4. The Morgan fingerprint density at radius 1 is 0.357 bits per heavy atom. The van der Waals surface area contributed by atoms with Crippen molar-refractivity contribution in [3.05, 3.63) is 0 Å². The number of hydrogen-bond donors (Lipinski definition) is 0. The van der Waals surface area contributed by atoms with Crippen molar-refractivity contribution in [3.63, 3.8) is 0 Å². The van der Waals surface area contributed by atoms with Crippen molar-refractivity contribution in [1.82, 2.24) is 0 Å². The van der Waals surface area contributed by atoms with E-state index < -0.39 is 0 Å². The molecule has 0 aromatic heterocycles. The fourth-order valence-corrected chi connectivity index (χ4v) is 5.31. The molecule has 0 aliphatic rings. The summed E-state index contributed by atoms with van der Waals surface area (Å²) >= 11 is 0. The molecule has 0 aromatic rings. The average Bonchev–Trinajstić information content (AvgIpc) is 2.96. The summed E-state index contributed by atoms with van der Waals surface area (Å²) in [7, 11) is 0. The first kappa shape index (κ1) is 48.6. The first-order chi connectivity index (χ1) is 19.7. The van der Waals surface area contributed by atoms with Crippen LogP contribution in [-0.2, 0) is 19.1 Å². The summed E-state index contributed by atoms with van der Waals surface area (Å²) in [5.74, 6) is -0.550. The molecule has 0 aliphatic heterocycles. The van der Waals surface area contributed by atoms with Gasteiger partial charge < -0.3 is 12.3 Å². The minimum Gasteiger partial charge on any atom is -1.00 e. The van der Waals surface area contributed by atoms with Crippen LogP contribution in [0.1, 0.15) is 209 Å². The van der Waals surface area contributed by atoms with Crippen molar-refractivity contribution in [2.75, 3.05) is 13.2 Å². The zero-order valence-electron chi connectivity index (χ0n) is 31.3. The Morgan fingerprint density at radius 2 is 0.548 bits per heavy atom. The van der Waals surface area contributed by atoms with Crippen LogP contribution < -0.4 is 103 Å². The van der Waals surface area contributed by atoms with E-state index in [1.165, 1.54) is 154 Å². The number of rotatable bonds is 33. The van der Waals surface area contributed by atoms with Crippen molar-refractivity contribution in [3.8, 4) is 0 Å². The van der Waals surface area contributed by atoms with E-state index in [-0.39, 0.29) is 130 Å². The summed E-state index contributed by atoms with van der Waals surface area (Å²) in [6.07, 6.45) is 37.1. The van der Waals surface area contributed by atoms with Gasteiger partial charge in [0.2, 0.25) is 0 Å². The molecule has 0 saturated carbocycles. The van der Waals surface area contributed by atoms with Gasteiger partial charge in [0.05, 0.1) is 26.1 Å². The Bertz CT molecular complexity index is 496. The van der Waals surface area contributed by atoms with E-state index in [1.54, 1.807) is 0 Å². The molecule has 0 N–H and O–H groups in total. The van der Waals surface area contributed by atoms with Crippen LogP contribution in [0.25, 0.3) is 0 Å². The van der Waals surface area contributed by atoms with E-state index in [2.05, 4.69) is 13.8 Å². The van der Waals surface area contributed by atoms with Crippen LogP contribution in [0.2, 0.25) is 0 Å². The summed E-state index contributed by atoms with van der Waals surface area (Å²) < 4.78 is 10.6. The monoisotopic (exact) mass is 646 g/mol. The quantitative estimate of drug-likeness (QED) is 0.0495. The van der Waals surface area contributed by atoms with Crippen molar-refractivity contribution >= 4 is 11.9 Å². The Morgan fingerprint density at radius 3 is 0.762 bits per heavy atom. The van der Waals surface area contributed by atoms with Crippen molar-refractivity contribution in [2.24, 2.45) is 0 Å². The molecule has 0 aromatic carbocycles. The Balaban J connectivity index is -0.00000127. The maximum atomic E-state index is 11.9. The van der Waals surface area contributed by atoms with Gasteiger partial charge in [-0.1, -0.05) is 181 Å². The van der Waals surface area contributed by atoms with Gasteiger partial charge in [0.25, 0.3) is 0 Å². The summed E-state index contributed by atoms with van der Waals surface area (Å²) in [6.45, 7) is 5.50. The number of esters is 2. The number of unbranched alkanes of at least 4 members (excludes halogenated alkanes) is 26. The molecule has 42 heavy (non-hydrogen) atoms. The van der Waals surface area contributed by atoms with E-state index in [0.29, 0.717) is 13.2 Å². The standard InChI is InChI=1S/C36H70O4.2K.2H/c1-3-5-7-9-11-13-15-17-19-21-23-25-27-29-33-39-35(37)31-32-36(38)40-34-30-28-26-24-22-20-18-16-14-12-10-8-6-4-2;;;;/h3-34H2,1-2H3;;;;/q;2*+1;2*-1. The molecule has 0 radical (unpaired) electrons. The number of carbonyl (C=O) groups is 2. The first-order valence-electron chi connectivity index (χ1n) is 18.0. The Labute approximate surface area is 351 Å². The molecule has 0 aliphatic carbocycles. The van der Waals surface area contributed by atoms with Crippen LogP contribution in [0.4, 0.5) is 0 Å². The number of carbonyl (C=O) groups excluding carboxylic acids is 2. The van der Waals surface area contributed by atoms with Gasteiger partial charge in [0.15, 0.2) is 0 Å². The molecule has 0 bridgehead atoms. The van der Waals surface area contributed by atoms with Gasteiger partial charge in [-0.25, -0.2) is 0 Å². The van der Waals surface area contributed by atoms with Gasteiger partial charge in [0.1, 0.15) is 0 Å². The molecule has 0 saturated heterocycles. The van der Waals surface area contributed by atoms with Gasteiger partial charge >= 0.3 is 115 Å². The van der Waals surface area contributed by atoms with Gasteiger partial charge in [-0.2, -0.15) is 0 Å². The molecule has 0 fully saturated rings. The van der Waals surface area contributed by atoms with E-state index >= 15 is 0 Å². The number of hydrogen-bond acceptors (Lipinski definition) is 4. The van der Waals surface area contributed by atoms with Crippen molar-refractivity contribution < 1.29 is 125 Å². The molecule has 0 spiro atoms. The molecule has 6 heteroatoms. The maximum Gasteiger partial charge on any atom is 1.00 e. The van der Waals surface area contributed by atoms with Crippen molar-refractivity contribution in [2.45, 2.75) is 206 Å². The van der Waals surface area contributed by atoms with Gasteiger partial charge in [-0.05, 0) is 12.8 Å². The smallest absolute Gasteiger partial charge is 1.00 e. The minimum atomic E-state index is -0.275. The van der Waals surface area contributed by atoms with Crippen LogP contribution in [0.5, 0.6) is 0 Å². The summed E-state index contributed by atoms with van der Waals surface area (Å²) in [4.78, 5) is 23.7. The second-order valence-electron chi connectivity index (χ2n) is 12.1. The Hall–Kier alpha value is 2.21. The van der Waals surface area contributed by atoms with Gasteiger partial charge in [-0.15, -0.1) is 0 Å². The first-order valence-corrected chi connectivity index (χ1v) is 18.0. The minimum absolute atomic E-state index is 0. The molecular weight excluding hydrogens is 575 g/mol. The predicted octanol–water partition coefficient (Wildman–Crippen LogP) is 6.05. The molecule has 0 heterocycles. The number of ether oxygens (including phenoxy) is 2. The fraction of sp³-hybridized carbons (Fsp3) is 0.944. The summed E-state index contributed by atoms with van der Waals surface area (Å²) in [6, 6.07) is 0. The summed E-state index contributed by atoms with van der Waals surface area (Å²) in [5, 5.41) is 0.